The van der Waals surface area contributed by atoms with Gasteiger partial charge in [-0.3, -0.25) is 4.79 Å². The number of anilines is 1. The van der Waals surface area contributed by atoms with E-state index in [9.17, 15) is 14.3 Å². The van der Waals surface area contributed by atoms with Gasteiger partial charge in [-0.25, -0.2) is 4.39 Å². The molecule has 0 spiro atoms. The molecule has 0 saturated carbocycles. The molecule has 18 heavy (non-hydrogen) atoms. The fourth-order valence-electron chi connectivity index (χ4n) is 1.62. The quantitative estimate of drug-likeness (QED) is 0.854. The second kappa shape index (κ2) is 4.87. The lowest BCUT2D eigenvalue weighted by atomic mass is 10.1. The summed E-state index contributed by atoms with van der Waals surface area (Å²) >= 11 is 0. The Kier molecular flexibility index (Phi) is 3.28. The zero-order chi connectivity index (χ0) is 13.1. The molecule has 0 unspecified atom stereocenters. The summed E-state index contributed by atoms with van der Waals surface area (Å²) in [5, 5.41) is 11.9. The first-order valence-electron chi connectivity index (χ1n) is 5.43. The van der Waals surface area contributed by atoms with Crippen molar-refractivity contribution in [1.29, 1.82) is 0 Å². The molecule has 0 saturated heterocycles. The Hall–Kier alpha value is -2.36. The van der Waals surface area contributed by atoms with Crippen molar-refractivity contribution < 1.29 is 14.3 Å². The molecule has 0 aliphatic carbocycles. The highest BCUT2D eigenvalue weighted by atomic mass is 19.1. The molecule has 0 aliphatic heterocycles. The topological polar surface area (TPSA) is 49.3 Å². The lowest BCUT2D eigenvalue weighted by Crippen LogP contribution is -2.13. The maximum absolute atomic E-state index is 13.1. The largest absolute Gasteiger partial charge is 0.508 e. The van der Waals surface area contributed by atoms with E-state index < -0.39 is 11.7 Å². The van der Waals surface area contributed by atoms with Gasteiger partial charge in [-0.05, 0) is 36.8 Å². The van der Waals surface area contributed by atoms with E-state index in [4.69, 9.17) is 0 Å². The Morgan fingerprint density at radius 1 is 1.22 bits per heavy atom. The Balaban J connectivity index is 2.24. The van der Waals surface area contributed by atoms with Gasteiger partial charge in [-0.2, -0.15) is 0 Å². The maximum atomic E-state index is 13.1. The highest BCUT2D eigenvalue weighted by Gasteiger charge is 2.10. The number of carbonyl (C=O) groups is 1. The molecule has 0 fully saturated rings. The number of aryl methyl sites for hydroxylation is 1. The van der Waals surface area contributed by atoms with Gasteiger partial charge in [-0.1, -0.05) is 12.1 Å². The van der Waals surface area contributed by atoms with Gasteiger partial charge >= 0.3 is 0 Å². The Bertz CT molecular complexity index is 596. The second-order valence-electron chi connectivity index (χ2n) is 3.96. The van der Waals surface area contributed by atoms with Gasteiger partial charge in [0.05, 0.1) is 0 Å². The normalized spacial score (nSPS) is 10.1. The Labute approximate surface area is 104 Å². The minimum absolute atomic E-state index is 0.0590. The smallest absolute Gasteiger partial charge is 0.256 e. The number of aromatic hydroxyl groups is 1. The van der Waals surface area contributed by atoms with Crippen LogP contribution in [0.5, 0.6) is 5.75 Å². The Morgan fingerprint density at radius 3 is 2.72 bits per heavy atom. The van der Waals surface area contributed by atoms with Crippen LogP contribution in [0.1, 0.15) is 15.9 Å². The molecule has 0 aromatic heterocycles. The summed E-state index contributed by atoms with van der Waals surface area (Å²) in [5.41, 5.74) is 1.43. The molecule has 2 N–H and O–H groups in total. The summed E-state index contributed by atoms with van der Waals surface area (Å²) in [6, 6.07) is 10.2. The second-order valence-corrected chi connectivity index (χ2v) is 3.96. The van der Waals surface area contributed by atoms with E-state index in [1.165, 1.54) is 24.3 Å². The lowest BCUT2D eigenvalue weighted by molar-refractivity contribution is 0.102. The summed E-state index contributed by atoms with van der Waals surface area (Å²) in [6.07, 6.45) is 0. The number of phenolic OH excluding ortho intramolecular Hbond substituents is 1. The number of benzene rings is 2. The summed E-state index contributed by atoms with van der Waals surface area (Å²) in [5.74, 6) is -0.803. The van der Waals surface area contributed by atoms with Crippen LogP contribution in [-0.2, 0) is 0 Å². The molecule has 3 nitrogen and oxygen atoms in total. The first-order valence-corrected chi connectivity index (χ1v) is 5.43. The molecule has 0 atom stereocenters. The number of hydrogen-bond donors (Lipinski definition) is 2. The molecule has 2 aromatic rings. The zero-order valence-electron chi connectivity index (χ0n) is 9.77. The molecule has 0 radical (unpaired) electrons. The SMILES string of the molecule is Cc1ccc(F)cc1C(=O)Nc1cccc(O)c1. The summed E-state index contributed by atoms with van der Waals surface area (Å²) < 4.78 is 13.1. The molecule has 2 aromatic carbocycles. The fourth-order valence-corrected chi connectivity index (χ4v) is 1.62. The first-order chi connectivity index (χ1) is 8.56. The fraction of sp³-hybridized carbons (Fsp3) is 0.0714. The molecular formula is C14H12FNO2. The van der Waals surface area contributed by atoms with Crippen LogP contribution in [-0.4, -0.2) is 11.0 Å². The van der Waals surface area contributed by atoms with E-state index in [-0.39, 0.29) is 11.3 Å². The molecule has 92 valence electrons. The monoisotopic (exact) mass is 245 g/mol. The third-order valence-corrected chi connectivity index (χ3v) is 2.55. The van der Waals surface area contributed by atoms with Crippen molar-refractivity contribution in [1.82, 2.24) is 0 Å². The number of halogens is 1. The van der Waals surface area contributed by atoms with Crippen molar-refractivity contribution >= 4 is 11.6 Å². The van der Waals surface area contributed by atoms with Gasteiger partial charge in [0.1, 0.15) is 11.6 Å². The molecular weight excluding hydrogens is 233 g/mol. The molecule has 0 aliphatic rings. The van der Waals surface area contributed by atoms with E-state index in [0.717, 1.165) is 0 Å². The van der Waals surface area contributed by atoms with Crippen molar-refractivity contribution in [2.75, 3.05) is 5.32 Å². The van der Waals surface area contributed by atoms with Crippen molar-refractivity contribution in [2.24, 2.45) is 0 Å². The Morgan fingerprint density at radius 2 is 2.00 bits per heavy atom. The van der Waals surface area contributed by atoms with Gasteiger partial charge < -0.3 is 10.4 Å². The van der Waals surface area contributed by atoms with E-state index in [1.807, 2.05) is 0 Å². The van der Waals surface area contributed by atoms with Crippen LogP contribution in [0, 0.1) is 12.7 Å². The maximum Gasteiger partial charge on any atom is 0.256 e. The van der Waals surface area contributed by atoms with Gasteiger partial charge in [0.15, 0.2) is 0 Å². The number of nitrogens with one attached hydrogen (secondary N) is 1. The highest BCUT2D eigenvalue weighted by molar-refractivity contribution is 6.05. The van der Waals surface area contributed by atoms with Gasteiger partial charge in [-0.15, -0.1) is 0 Å². The predicted molar refractivity (Wildman–Crippen MR) is 67.2 cm³/mol. The third-order valence-electron chi connectivity index (χ3n) is 2.55. The average molecular weight is 245 g/mol. The highest BCUT2D eigenvalue weighted by Crippen LogP contribution is 2.17. The molecule has 1 amide bonds. The van der Waals surface area contributed by atoms with Gasteiger partial charge in [0.2, 0.25) is 0 Å². The summed E-state index contributed by atoms with van der Waals surface area (Å²) in [4.78, 5) is 11.9. The number of amides is 1. The van der Waals surface area contributed by atoms with Crippen molar-refractivity contribution in [3.63, 3.8) is 0 Å². The van der Waals surface area contributed by atoms with Crippen LogP contribution in [0.3, 0.4) is 0 Å². The van der Waals surface area contributed by atoms with Gasteiger partial charge in [0, 0.05) is 17.3 Å². The van der Waals surface area contributed by atoms with Crippen LogP contribution < -0.4 is 5.32 Å². The van der Waals surface area contributed by atoms with Gasteiger partial charge in [0.25, 0.3) is 5.91 Å². The number of hydrogen-bond acceptors (Lipinski definition) is 2. The van der Waals surface area contributed by atoms with E-state index in [0.29, 0.717) is 11.3 Å². The zero-order valence-corrected chi connectivity index (χ0v) is 9.77. The van der Waals surface area contributed by atoms with Crippen LogP contribution >= 0.6 is 0 Å². The van der Waals surface area contributed by atoms with Crippen LogP contribution in [0.15, 0.2) is 42.5 Å². The predicted octanol–water partition coefficient (Wildman–Crippen LogP) is 3.09. The van der Waals surface area contributed by atoms with Crippen molar-refractivity contribution in [3.05, 3.63) is 59.4 Å². The number of rotatable bonds is 2. The minimum Gasteiger partial charge on any atom is -0.508 e. The van der Waals surface area contributed by atoms with E-state index in [2.05, 4.69) is 5.32 Å². The molecule has 0 bridgehead atoms. The van der Waals surface area contributed by atoms with E-state index >= 15 is 0 Å². The first kappa shape index (κ1) is 12.1. The van der Waals surface area contributed by atoms with E-state index in [1.54, 1.807) is 25.1 Å². The van der Waals surface area contributed by atoms with Crippen molar-refractivity contribution in [2.45, 2.75) is 6.92 Å². The van der Waals surface area contributed by atoms with Crippen LogP contribution in [0.2, 0.25) is 0 Å². The molecule has 2 rings (SSSR count). The molecule has 4 heteroatoms. The number of carbonyl (C=O) groups excluding carboxylic acids is 1. The minimum atomic E-state index is -0.457. The molecule has 0 heterocycles. The van der Waals surface area contributed by atoms with Crippen LogP contribution in [0.25, 0.3) is 0 Å². The van der Waals surface area contributed by atoms with Crippen molar-refractivity contribution in [3.8, 4) is 5.75 Å². The third kappa shape index (κ3) is 2.66. The standard InChI is InChI=1S/C14H12FNO2/c1-9-5-6-10(15)7-13(9)14(18)16-11-3-2-4-12(17)8-11/h2-8,17H,1H3,(H,16,18). The average Bonchev–Trinajstić information content (AvgIpc) is 2.32. The summed E-state index contributed by atoms with van der Waals surface area (Å²) in [6.45, 7) is 1.73. The number of phenols is 1. The summed E-state index contributed by atoms with van der Waals surface area (Å²) in [7, 11) is 0. The van der Waals surface area contributed by atoms with Crippen LogP contribution in [0.4, 0.5) is 10.1 Å². The lowest BCUT2D eigenvalue weighted by Gasteiger charge is -2.08.